The minimum absolute atomic E-state index is 0.0969. The van der Waals surface area contributed by atoms with Gasteiger partial charge in [0, 0.05) is 12.3 Å². The highest BCUT2D eigenvalue weighted by Gasteiger charge is 2.28. The van der Waals surface area contributed by atoms with Gasteiger partial charge in [-0.2, -0.15) is 0 Å². The summed E-state index contributed by atoms with van der Waals surface area (Å²) in [4.78, 5) is 12.5. The summed E-state index contributed by atoms with van der Waals surface area (Å²) in [7, 11) is 0. The van der Waals surface area contributed by atoms with Crippen LogP contribution in [0.3, 0.4) is 0 Å². The quantitative estimate of drug-likeness (QED) is 0.354. The topological polar surface area (TPSA) is 26.3 Å². The van der Waals surface area contributed by atoms with E-state index in [0.29, 0.717) is 11.7 Å². The Morgan fingerprint density at radius 1 is 0.800 bits per heavy atom. The molecule has 0 N–H and O–H groups in total. The predicted octanol–water partition coefficient (Wildman–Crippen LogP) is 7.96. The average Bonchev–Trinajstić information content (AvgIpc) is 2.79. The van der Waals surface area contributed by atoms with Crippen molar-refractivity contribution in [3.63, 3.8) is 0 Å². The molecule has 30 heavy (non-hydrogen) atoms. The zero-order valence-electron chi connectivity index (χ0n) is 18.9. The van der Waals surface area contributed by atoms with Gasteiger partial charge in [-0.15, -0.1) is 0 Å². The molecule has 0 spiro atoms. The van der Waals surface area contributed by atoms with Gasteiger partial charge in [0.25, 0.3) is 0 Å². The monoisotopic (exact) mass is 406 g/mol. The van der Waals surface area contributed by atoms with Gasteiger partial charge in [0.2, 0.25) is 0 Å². The van der Waals surface area contributed by atoms with Gasteiger partial charge < -0.3 is 4.74 Å². The van der Waals surface area contributed by atoms with Crippen LogP contribution in [0.15, 0.2) is 48.5 Å². The van der Waals surface area contributed by atoms with E-state index in [9.17, 15) is 4.79 Å². The molecule has 2 atom stereocenters. The van der Waals surface area contributed by atoms with Crippen molar-refractivity contribution in [2.75, 3.05) is 6.61 Å². The first-order chi connectivity index (χ1) is 14.7. The maximum atomic E-state index is 12.5. The molecule has 2 unspecified atom stereocenters. The van der Waals surface area contributed by atoms with Crippen LogP contribution in [0.25, 0.3) is 11.1 Å². The molecule has 0 aliphatic heterocycles. The van der Waals surface area contributed by atoms with E-state index in [2.05, 4.69) is 62.4 Å². The van der Waals surface area contributed by atoms with Crippen molar-refractivity contribution in [3.05, 3.63) is 54.1 Å². The van der Waals surface area contributed by atoms with E-state index in [-0.39, 0.29) is 5.92 Å². The van der Waals surface area contributed by atoms with E-state index in [1.165, 1.54) is 55.2 Å². The zero-order valence-corrected chi connectivity index (χ0v) is 18.9. The maximum Gasteiger partial charge on any atom is 0.140 e. The third-order valence-corrected chi connectivity index (χ3v) is 6.59. The smallest absolute Gasteiger partial charge is 0.140 e. The fourth-order valence-electron chi connectivity index (χ4n) is 4.52. The highest BCUT2D eigenvalue weighted by molar-refractivity contribution is 5.86. The third kappa shape index (κ3) is 6.45. The number of benzene rings is 2. The predicted molar refractivity (Wildman–Crippen MR) is 126 cm³/mol. The number of carbonyl (C=O) groups is 1. The lowest BCUT2D eigenvalue weighted by molar-refractivity contribution is -0.123. The lowest BCUT2D eigenvalue weighted by atomic mass is 9.77. The van der Waals surface area contributed by atoms with Crippen LogP contribution < -0.4 is 4.74 Å². The number of unbranched alkanes of at least 4 members (excludes halogenated alkanes) is 5. The minimum atomic E-state index is 0.0969. The molecule has 1 aliphatic rings. The molecule has 2 aromatic rings. The van der Waals surface area contributed by atoms with Gasteiger partial charge in [0.15, 0.2) is 0 Å². The molecule has 162 valence electrons. The van der Waals surface area contributed by atoms with E-state index in [1.807, 2.05) is 0 Å². The van der Waals surface area contributed by atoms with Crippen molar-refractivity contribution < 1.29 is 9.53 Å². The molecule has 1 aliphatic carbocycles. The molecule has 2 aromatic carbocycles. The number of rotatable bonds is 11. The molecule has 3 rings (SSSR count). The Hall–Kier alpha value is -2.09. The summed E-state index contributed by atoms with van der Waals surface area (Å²) in [5, 5.41) is 0. The van der Waals surface area contributed by atoms with Crippen molar-refractivity contribution in [1.82, 2.24) is 0 Å². The first kappa shape index (κ1) is 22.6. The molecule has 0 heterocycles. The highest BCUT2D eigenvalue weighted by Crippen LogP contribution is 2.35. The van der Waals surface area contributed by atoms with Crippen molar-refractivity contribution >= 4 is 5.78 Å². The normalized spacial score (nSPS) is 19.1. The Morgan fingerprint density at radius 3 is 2.07 bits per heavy atom. The molecular formula is C28H38O2. The van der Waals surface area contributed by atoms with Crippen LogP contribution >= 0.6 is 0 Å². The van der Waals surface area contributed by atoms with Crippen LogP contribution in [0.1, 0.15) is 89.5 Å². The SMILES string of the molecule is CCCCCCCCOc1ccc(-c2ccc(C3CCC(CC)CC3=O)cc2)cc1. The van der Waals surface area contributed by atoms with Crippen molar-refractivity contribution in [3.8, 4) is 16.9 Å². The van der Waals surface area contributed by atoms with Gasteiger partial charge in [0.05, 0.1) is 6.61 Å². The molecule has 2 heteroatoms. The molecule has 0 bridgehead atoms. The number of carbonyl (C=O) groups excluding carboxylic acids is 1. The van der Waals surface area contributed by atoms with E-state index < -0.39 is 0 Å². The zero-order chi connectivity index (χ0) is 21.2. The number of Topliss-reactive ketones (excluding diaryl/α,β-unsaturated/α-hetero) is 1. The first-order valence-corrected chi connectivity index (χ1v) is 12.1. The largest absolute Gasteiger partial charge is 0.494 e. The lowest BCUT2D eigenvalue weighted by Crippen LogP contribution is -2.23. The number of ketones is 1. The summed E-state index contributed by atoms with van der Waals surface area (Å²) in [6.45, 7) is 5.24. The van der Waals surface area contributed by atoms with Gasteiger partial charge in [-0.3, -0.25) is 4.79 Å². The molecule has 2 nitrogen and oxygen atoms in total. The molecule has 0 aromatic heterocycles. The van der Waals surface area contributed by atoms with Crippen molar-refractivity contribution in [1.29, 1.82) is 0 Å². The van der Waals surface area contributed by atoms with E-state index >= 15 is 0 Å². The lowest BCUT2D eigenvalue weighted by Gasteiger charge is -2.27. The van der Waals surface area contributed by atoms with Crippen molar-refractivity contribution in [2.45, 2.75) is 84.0 Å². The Bertz CT molecular complexity index is 760. The van der Waals surface area contributed by atoms with Gasteiger partial charge >= 0.3 is 0 Å². The first-order valence-electron chi connectivity index (χ1n) is 12.1. The van der Waals surface area contributed by atoms with E-state index in [4.69, 9.17) is 4.74 Å². The fourth-order valence-corrected chi connectivity index (χ4v) is 4.52. The van der Waals surface area contributed by atoms with Gasteiger partial charge in [-0.05, 0) is 54.0 Å². The second-order valence-electron chi connectivity index (χ2n) is 8.84. The number of hydrogen-bond acceptors (Lipinski definition) is 2. The maximum absolute atomic E-state index is 12.5. The van der Waals surface area contributed by atoms with Gasteiger partial charge in [0.1, 0.15) is 11.5 Å². The molecule has 1 fully saturated rings. The van der Waals surface area contributed by atoms with E-state index in [0.717, 1.165) is 38.0 Å². The standard InChI is InChI=1S/C28H38O2/c1-3-5-6-7-8-9-20-30-26-17-15-24(16-18-26)23-11-13-25(14-12-23)27-19-10-22(4-2)21-28(27)29/h11-18,22,27H,3-10,19-21H2,1-2H3. The van der Waals surface area contributed by atoms with Crippen LogP contribution in [0.4, 0.5) is 0 Å². The summed E-state index contributed by atoms with van der Waals surface area (Å²) in [6.07, 6.45) is 11.7. The average molecular weight is 407 g/mol. The van der Waals surface area contributed by atoms with Gasteiger partial charge in [-0.1, -0.05) is 88.8 Å². The third-order valence-electron chi connectivity index (χ3n) is 6.59. The summed E-state index contributed by atoms with van der Waals surface area (Å²) in [5.74, 6) is 2.06. The second-order valence-corrected chi connectivity index (χ2v) is 8.84. The molecule has 0 saturated heterocycles. The van der Waals surface area contributed by atoms with Crippen LogP contribution in [-0.2, 0) is 4.79 Å². The molecular weight excluding hydrogens is 368 g/mol. The number of ether oxygens (including phenoxy) is 1. The molecule has 0 amide bonds. The van der Waals surface area contributed by atoms with Crippen LogP contribution in [0.2, 0.25) is 0 Å². The summed E-state index contributed by atoms with van der Waals surface area (Å²) in [5.41, 5.74) is 3.56. The Balaban J connectivity index is 1.49. The van der Waals surface area contributed by atoms with Crippen LogP contribution in [-0.4, -0.2) is 12.4 Å². The minimum Gasteiger partial charge on any atom is -0.494 e. The Kier molecular flexibility index (Phi) is 8.99. The van der Waals surface area contributed by atoms with Crippen molar-refractivity contribution in [2.24, 2.45) is 5.92 Å². The van der Waals surface area contributed by atoms with Gasteiger partial charge in [-0.25, -0.2) is 0 Å². The summed E-state index contributed by atoms with van der Waals surface area (Å²) < 4.78 is 5.89. The Morgan fingerprint density at radius 2 is 1.43 bits per heavy atom. The van der Waals surface area contributed by atoms with Crippen LogP contribution in [0.5, 0.6) is 5.75 Å². The fraction of sp³-hybridized carbons (Fsp3) is 0.536. The summed E-state index contributed by atoms with van der Waals surface area (Å²) >= 11 is 0. The second kappa shape index (κ2) is 11.9. The highest BCUT2D eigenvalue weighted by atomic mass is 16.5. The van der Waals surface area contributed by atoms with Crippen LogP contribution in [0, 0.1) is 5.92 Å². The Labute approximate surface area is 183 Å². The molecule has 0 radical (unpaired) electrons. The molecule has 1 saturated carbocycles. The summed E-state index contributed by atoms with van der Waals surface area (Å²) in [6, 6.07) is 17.0. The number of hydrogen-bond donors (Lipinski definition) is 0. The van der Waals surface area contributed by atoms with E-state index in [1.54, 1.807) is 0 Å².